The molecule has 0 amide bonds. The first-order valence-corrected chi connectivity index (χ1v) is 6.48. The third-order valence-electron chi connectivity index (χ3n) is 3.30. The summed E-state index contributed by atoms with van der Waals surface area (Å²) in [5, 5.41) is 8.90. The van der Waals surface area contributed by atoms with Crippen LogP contribution in [0.5, 0.6) is 0 Å². The Kier molecular flexibility index (Phi) is 6.06. The van der Waals surface area contributed by atoms with E-state index in [1.807, 2.05) is 4.90 Å². The molecule has 0 radical (unpaired) electrons. The number of ether oxygens (including phenoxy) is 1. The van der Waals surface area contributed by atoms with E-state index in [0.29, 0.717) is 32.5 Å². The SMILES string of the molecule is CCOC(=O)C1CCN(CC[C@@H](O)C(F)(F)F)CC1. The lowest BCUT2D eigenvalue weighted by atomic mass is 9.97. The second-order valence-electron chi connectivity index (χ2n) is 4.71. The summed E-state index contributed by atoms with van der Waals surface area (Å²) >= 11 is 0. The molecule has 19 heavy (non-hydrogen) atoms. The second-order valence-corrected chi connectivity index (χ2v) is 4.71. The number of aliphatic hydroxyl groups excluding tert-OH is 1. The zero-order valence-electron chi connectivity index (χ0n) is 10.9. The fourth-order valence-corrected chi connectivity index (χ4v) is 2.12. The van der Waals surface area contributed by atoms with Crippen molar-refractivity contribution >= 4 is 5.97 Å². The standard InChI is InChI=1S/C12H20F3NO3/c1-2-19-11(18)9-3-6-16(7-4-9)8-5-10(17)12(13,14)15/h9-10,17H,2-8H2,1H3/t10-/m1/s1. The first kappa shape index (κ1) is 16.2. The molecular weight excluding hydrogens is 263 g/mol. The number of carbonyl (C=O) groups excluding carboxylic acids is 1. The smallest absolute Gasteiger partial charge is 0.414 e. The van der Waals surface area contributed by atoms with Gasteiger partial charge in [-0.2, -0.15) is 13.2 Å². The Hall–Kier alpha value is -0.820. The molecule has 1 aliphatic heterocycles. The molecule has 0 unspecified atom stereocenters. The second kappa shape index (κ2) is 7.09. The predicted molar refractivity (Wildman–Crippen MR) is 62.5 cm³/mol. The quantitative estimate of drug-likeness (QED) is 0.778. The van der Waals surface area contributed by atoms with Gasteiger partial charge in [-0.15, -0.1) is 0 Å². The number of carbonyl (C=O) groups is 1. The number of likely N-dealkylation sites (tertiary alicyclic amines) is 1. The lowest BCUT2D eigenvalue weighted by molar-refractivity contribution is -0.206. The molecule has 1 heterocycles. The minimum Gasteiger partial charge on any atom is -0.466 e. The molecule has 0 spiro atoms. The molecule has 1 fully saturated rings. The van der Waals surface area contributed by atoms with Gasteiger partial charge in [0.2, 0.25) is 0 Å². The monoisotopic (exact) mass is 283 g/mol. The Labute approximate surface area is 110 Å². The maximum atomic E-state index is 12.1. The number of hydrogen-bond donors (Lipinski definition) is 1. The van der Waals surface area contributed by atoms with Gasteiger partial charge in [0.15, 0.2) is 6.10 Å². The average molecular weight is 283 g/mol. The molecule has 0 aliphatic carbocycles. The normalized spacial score (nSPS) is 20.3. The number of hydrogen-bond acceptors (Lipinski definition) is 4. The van der Waals surface area contributed by atoms with Gasteiger partial charge in [-0.25, -0.2) is 0 Å². The Balaban J connectivity index is 2.25. The summed E-state index contributed by atoms with van der Waals surface area (Å²) in [4.78, 5) is 13.3. The molecule has 0 aromatic carbocycles. The van der Waals surface area contributed by atoms with Gasteiger partial charge in [0, 0.05) is 6.54 Å². The van der Waals surface area contributed by atoms with Crippen LogP contribution in [0.1, 0.15) is 26.2 Å². The summed E-state index contributed by atoms with van der Waals surface area (Å²) < 4.78 is 41.3. The first-order valence-electron chi connectivity index (χ1n) is 6.48. The van der Waals surface area contributed by atoms with Crippen molar-refractivity contribution in [3.05, 3.63) is 0 Å². The highest BCUT2D eigenvalue weighted by molar-refractivity contribution is 5.72. The van der Waals surface area contributed by atoms with E-state index in [-0.39, 0.29) is 24.9 Å². The molecule has 7 heteroatoms. The lowest BCUT2D eigenvalue weighted by Gasteiger charge is -2.31. The number of esters is 1. The summed E-state index contributed by atoms with van der Waals surface area (Å²) in [6, 6.07) is 0. The third kappa shape index (κ3) is 5.36. The molecule has 4 nitrogen and oxygen atoms in total. The van der Waals surface area contributed by atoms with Gasteiger partial charge < -0.3 is 14.7 Å². The van der Waals surface area contributed by atoms with Crippen molar-refractivity contribution in [2.24, 2.45) is 5.92 Å². The number of nitrogens with zero attached hydrogens (tertiary/aromatic N) is 1. The number of rotatable bonds is 5. The lowest BCUT2D eigenvalue weighted by Crippen LogP contribution is -2.40. The van der Waals surface area contributed by atoms with Crippen LogP contribution >= 0.6 is 0 Å². The molecule has 0 aromatic rings. The van der Waals surface area contributed by atoms with Crippen molar-refractivity contribution in [1.82, 2.24) is 4.90 Å². The molecule has 1 N–H and O–H groups in total. The molecular formula is C12H20F3NO3. The number of piperidine rings is 1. The molecule has 0 aromatic heterocycles. The van der Waals surface area contributed by atoms with E-state index in [0.717, 1.165) is 0 Å². The zero-order valence-corrected chi connectivity index (χ0v) is 10.9. The Morgan fingerprint density at radius 2 is 2.00 bits per heavy atom. The van der Waals surface area contributed by atoms with Crippen LogP contribution < -0.4 is 0 Å². The summed E-state index contributed by atoms with van der Waals surface area (Å²) in [6.45, 7) is 3.40. The van der Waals surface area contributed by atoms with E-state index in [1.54, 1.807) is 6.92 Å². The van der Waals surface area contributed by atoms with E-state index in [9.17, 15) is 18.0 Å². The van der Waals surface area contributed by atoms with Crippen LogP contribution in [-0.2, 0) is 9.53 Å². The third-order valence-corrected chi connectivity index (χ3v) is 3.30. The van der Waals surface area contributed by atoms with Crippen LogP contribution in [0.3, 0.4) is 0 Å². The minimum absolute atomic E-state index is 0.149. The highest BCUT2D eigenvalue weighted by Crippen LogP contribution is 2.24. The molecule has 1 atom stereocenters. The molecule has 0 bridgehead atoms. The van der Waals surface area contributed by atoms with Gasteiger partial charge in [-0.1, -0.05) is 0 Å². The fourth-order valence-electron chi connectivity index (χ4n) is 2.12. The van der Waals surface area contributed by atoms with Crippen LogP contribution in [0.25, 0.3) is 0 Å². The summed E-state index contributed by atoms with van der Waals surface area (Å²) in [6.07, 6.45) is -5.95. The van der Waals surface area contributed by atoms with Gasteiger partial charge in [-0.3, -0.25) is 4.79 Å². The van der Waals surface area contributed by atoms with Crippen molar-refractivity contribution in [3.8, 4) is 0 Å². The predicted octanol–water partition coefficient (Wildman–Crippen LogP) is 1.57. The molecule has 1 saturated heterocycles. The first-order chi connectivity index (χ1) is 8.84. The average Bonchev–Trinajstić information content (AvgIpc) is 2.35. The van der Waals surface area contributed by atoms with Crippen molar-refractivity contribution < 1.29 is 27.8 Å². The number of aliphatic hydroxyl groups is 1. The number of alkyl halides is 3. The van der Waals surface area contributed by atoms with Gasteiger partial charge in [0.1, 0.15) is 0 Å². The molecule has 1 rings (SSSR count). The summed E-state index contributed by atoms with van der Waals surface area (Å²) in [5.74, 6) is -0.374. The summed E-state index contributed by atoms with van der Waals surface area (Å²) in [7, 11) is 0. The minimum atomic E-state index is -4.55. The van der Waals surface area contributed by atoms with Crippen LogP contribution in [0.4, 0.5) is 13.2 Å². The van der Waals surface area contributed by atoms with Crippen molar-refractivity contribution in [3.63, 3.8) is 0 Å². The largest absolute Gasteiger partial charge is 0.466 e. The van der Waals surface area contributed by atoms with Gasteiger partial charge in [0.05, 0.1) is 12.5 Å². The Bertz CT molecular complexity index is 288. The highest BCUT2D eigenvalue weighted by atomic mass is 19.4. The summed E-state index contributed by atoms with van der Waals surface area (Å²) in [5.41, 5.74) is 0. The van der Waals surface area contributed by atoms with Gasteiger partial charge in [0.25, 0.3) is 0 Å². The van der Waals surface area contributed by atoms with Gasteiger partial charge in [-0.05, 0) is 39.3 Å². The van der Waals surface area contributed by atoms with E-state index in [2.05, 4.69) is 0 Å². The van der Waals surface area contributed by atoms with Crippen molar-refractivity contribution in [2.75, 3.05) is 26.2 Å². The van der Waals surface area contributed by atoms with E-state index >= 15 is 0 Å². The van der Waals surface area contributed by atoms with Crippen molar-refractivity contribution in [2.45, 2.75) is 38.5 Å². The molecule has 112 valence electrons. The maximum absolute atomic E-state index is 12.1. The van der Waals surface area contributed by atoms with E-state index < -0.39 is 12.3 Å². The number of halogens is 3. The van der Waals surface area contributed by atoms with Crippen LogP contribution in [-0.4, -0.2) is 54.5 Å². The Morgan fingerprint density at radius 3 is 2.47 bits per heavy atom. The topological polar surface area (TPSA) is 49.8 Å². The van der Waals surface area contributed by atoms with Crippen LogP contribution in [0, 0.1) is 5.92 Å². The van der Waals surface area contributed by atoms with E-state index in [1.165, 1.54) is 0 Å². The van der Waals surface area contributed by atoms with Crippen molar-refractivity contribution in [1.29, 1.82) is 0 Å². The zero-order chi connectivity index (χ0) is 14.5. The highest BCUT2D eigenvalue weighted by Gasteiger charge is 2.38. The van der Waals surface area contributed by atoms with Crippen LogP contribution in [0.2, 0.25) is 0 Å². The maximum Gasteiger partial charge on any atom is 0.414 e. The van der Waals surface area contributed by atoms with E-state index in [4.69, 9.17) is 9.84 Å². The molecule has 1 aliphatic rings. The van der Waals surface area contributed by atoms with Gasteiger partial charge >= 0.3 is 12.1 Å². The fraction of sp³-hybridized carbons (Fsp3) is 0.917. The molecule has 0 saturated carbocycles. The Morgan fingerprint density at radius 1 is 1.42 bits per heavy atom. The van der Waals surface area contributed by atoms with Crippen LogP contribution in [0.15, 0.2) is 0 Å².